The minimum Gasteiger partial charge on any atom is -0.325 e. The minimum absolute atomic E-state index is 0.0201. The SMILES string of the molecule is CN(CC(=O)Nc1cccc(Cl)c1)C1CCCC1. The Kier molecular flexibility index (Phi) is 4.61. The first kappa shape index (κ1) is 13.4. The molecule has 0 unspecified atom stereocenters. The molecule has 3 nitrogen and oxygen atoms in total. The number of benzene rings is 1. The lowest BCUT2D eigenvalue weighted by molar-refractivity contribution is -0.117. The van der Waals surface area contributed by atoms with Gasteiger partial charge in [-0.1, -0.05) is 30.5 Å². The Morgan fingerprint density at radius 1 is 1.44 bits per heavy atom. The van der Waals surface area contributed by atoms with Gasteiger partial charge in [0.2, 0.25) is 5.91 Å². The van der Waals surface area contributed by atoms with Gasteiger partial charge in [-0.05, 0) is 38.1 Å². The molecule has 1 amide bonds. The van der Waals surface area contributed by atoms with E-state index in [1.165, 1.54) is 25.7 Å². The molecule has 0 atom stereocenters. The Hall–Kier alpha value is -1.06. The third kappa shape index (κ3) is 3.72. The van der Waals surface area contributed by atoms with Crippen LogP contribution in [0.3, 0.4) is 0 Å². The van der Waals surface area contributed by atoms with Gasteiger partial charge in [-0.15, -0.1) is 0 Å². The summed E-state index contributed by atoms with van der Waals surface area (Å²) in [6.07, 6.45) is 4.98. The zero-order chi connectivity index (χ0) is 13.0. The van der Waals surface area contributed by atoms with Gasteiger partial charge in [0.15, 0.2) is 0 Å². The maximum atomic E-state index is 11.9. The Morgan fingerprint density at radius 2 is 2.17 bits per heavy atom. The van der Waals surface area contributed by atoms with Crippen LogP contribution in [0.5, 0.6) is 0 Å². The van der Waals surface area contributed by atoms with Gasteiger partial charge >= 0.3 is 0 Å². The van der Waals surface area contributed by atoms with E-state index in [1.54, 1.807) is 12.1 Å². The molecule has 1 aliphatic carbocycles. The number of hydrogen-bond donors (Lipinski definition) is 1. The number of carbonyl (C=O) groups is 1. The highest BCUT2D eigenvalue weighted by Crippen LogP contribution is 2.22. The van der Waals surface area contributed by atoms with Gasteiger partial charge in [-0.2, -0.15) is 0 Å². The molecule has 2 rings (SSSR count). The molecule has 1 aromatic rings. The summed E-state index contributed by atoms with van der Waals surface area (Å²) in [6, 6.07) is 7.80. The van der Waals surface area contributed by atoms with Gasteiger partial charge in [0, 0.05) is 16.8 Å². The van der Waals surface area contributed by atoms with Crippen LogP contribution in [0.4, 0.5) is 5.69 Å². The third-order valence-electron chi connectivity index (χ3n) is 3.45. The topological polar surface area (TPSA) is 32.3 Å². The molecular weight excluding hydrogens is 248 g/mol. The summed E-state index contributed by atoms with van der Waals surface area (Å²) in [4.78, 5) is 14.0. The second-order valence-electron chi connectivity index (χ2n) is 4.91. The standard InChI is InChI=1S/C14H19ClN2O/c1-17(13-7-2-3-8-13)10-14(18)16-12-6-4-5-11(15)9-12/h4-6,9,13H,2-3,7-8,10H2,1H3,(H,16,18). The summed E-state index contributed by atoms with van der Waals surface area (Å²) < 4.78 is 0. The van der Waals surface area contributed by atoms with Crippen molar-refractivity contribution in [2.24, 2.45) is 0 Å². The van der Waals surface area contributed by atoms with Gasteiger partial charge in [-0.3, -0.25) is 9.69 Å². The molecule has 0 aromatic heterocycles. The van der Waals surface area contributed by atoms with Gasteiger partial charge in [0.1, 0.15) is 0 Å². The fraction of sp³-hybridized carbons (Fsp3) is 0.500. The maximum Gasteiger partial charge on any atom is 0.238 e. The number of hydrogen-bond acceptors (Lipinski definition) is 2. The molecule has 0 heterocycles. The fourth-order valence-electron chi connectivity index (χ4n) is 2.47. The molecule has 0 aliphatic heterocycles. The predicted molar refractivity (Wildman–Crippen MR) is 75.0 cm³/mol. The first-order valence-electron chi connectivity index (χ1n) is 6.41. The van der Waals surface area contributed by atoms with Crippen LogP contribution in [0.25, 0.3) is 0 Å². The van der Waals surface area contributed by atoms with Crippen LogP contribution in [-0.4, -0.2) is 30.4 Å². The van der Waals surface area contributed by atoms with E-state index in [-0.39, 0.29) is 5.91 Å². The number of carbonyl (C=O) groups excluding carboxylic acids is 1. The largest absolute Gasteiger partial charge is 0.325 e. The summed E-state index contributed by atoms with van der Waals surface area (Å²) in [6.45, 7) is 0.442. The van der Waals surface area contributed by atoms with Crippen LogP contribution < -0.4 is 5.32 Å². The van der Waals surface area contributed by atoms with Crippen molar-refractivity contribution in [1.82, 2.24) is 4.90 Å². The molecule has 0 bridgehead atoms. The van der Waals surface area contributed by atoms with Gasteiger partial charge in [0.05, 0.1) is 6.54 Å². The van der Waals surface area contributed by atoms with E-state index in [4.69, 9.17) is 11.6 Å². The van der Waals surface area contributed by atoms with E-state index in [2.05, 4.69) is 10.2 Å². The van der Waals surface area contributed by atoms with Crippen molar-refractivity contribution >= 4 is 23.2 Å². The summed E-state index contributed by atoms with van der Waals surface area (Å²) in [5.74, 6) is 0.0201. The van der Waals surface area contributed by atoms with Crippen LogP contribution in [0.1, 0.15) is 25.7 Å². The van der Waals surface area contributed by atoms with Crippen molar-refractivity contribution in [3.8, 4) is 0 Å². The number of amides is 1. The highest BCUT2D eigenvalue weighted by atomic mass is 35.5. The van der Waals surface area contributed by atoms with E-state index >= 15 is 0 Å². The molecule has 0 saturated heterocycles. The Bertz CT molecular complexity index is 416. The minimum atomic E-state index is 0.0201. The highest BCUT2D eigenvalue weighted by molar-refractivity contribution is 6.30. The lowest BCUT2D eigenvalue weighted by Crippen LogP contribution is -2.36. The zero-order valence-electron chi connectivity index (χ0n) is 10.7. The van der Waals surface area contributed by atoms with E-state index in [0.29, 0.717) is 17.6 Å². The maximum absolute atomic E-state index is 11.9. The smallest absolute Gasteiger partial charge is 0.238 e. The first-order chi connectivity index (χ1) is 8.65. The molecule has 1 saturated carbocycles. The molecule has 98 valence electrons. The molecule has 1 aliphatic rings. The van der Waals surface area contributed by atoms with E-state index in [0.717, 1.165) is 5.69 Å². The van der Waals surface area contributed by atoms with E-state index < -0.39 is 0 Å². The van der Waals surface area contributed by atoms with E-state index in [1.807, 2.05) is 19.2 Å². The van der Waals surface area contributed by atoms with Crippen LogP contribution in [0.15, 0.2) is 24.3 Å². The number of halogens is 1. The zero-order valence-corrected chi connectivity index (χ0v) is 11.4. The van der Waals surface area contributed by atoms with Crippen molar-refractivity contribution < 1.29 is 4.79 Å². The Balaban J connectivity index is 1.84. The normalized spacial score (nSPS) is 16.2. The number of rotatable bonds is 4. The molecule has 0 radical (unpaired) electrons. The number of nitrogens with one attached hydrogen (secondary N) is 1. The number of nitrogens with zero attached hydrogens (tertiary/aromatic N) is 1. The number of anilines is 1. The van der Waals surface area contributed by atoms with Crippen molar-refractivity contribution in [1.29, 1.82) is 0 Å². The van der Waals surface area contributed by atoms with Crippen molar-refractivity contribution in [3.05, 3.63) is 29.3 Å². The average molecular weight is 267 g/mol. The fourth-order valence-corrected chi connectivity index (χ4v) is 2.66. The lowest BCUT2D eigenvalue weighted by Gasteiger charge is -2.23. The molecule has 1 fully saturated rings. The third-order valence-corrected chi connectivity index (χ3v) is 3.68. The summed E-state index contributed by atoms with van der Waals surface area (Å²) in [5.41, 5.74) is 0.757. The van der Waals surface area contributed by atoms with Crippen LogP contribution in [0.2, 0.25) is 5.02 Å². The van der Waals surface area contributed by atoms with E-state index in [9.17, 15) is 4.79 Å². The van der Waals surface area contributed by atoms with Crippen LogP contribution >= 0.6 is 11.6 Å². The van der Waals surface area contributed by atoms with Gasteiger partial charge in [-0.25, -0.2) is 0 Å². The second kappa shape index (κ2) is 6.21. The van der Waals surface area contributed by atoms with Crippen molar-refractivity contribution in [2.45, 2.75) is 31.7 Å². The second-order valence-corrected chi connectivity index (χ2v) is 5.35. The lowest BCUT2D eigenvalue weighted by atomic mass is 10.2. The average Bonchev–Trinajstić information content (AvgIpc) is 2.81. The molecule has 0 spiro atoms. The quantitative estimate of drug-likeness (QED) is 0.908. The molecule has 18 heavy (non-hydrogen) atoms. The van der Waals surface area contributed by atoms with Crippen LogP contribution in [-0.2, 0) is 4.79 Å². The molecule has 1 N–H and O–H groups in total. The Morgan fingerprint density at radius 3 is 2.83 bits per heavy atom. The summed E-state index contributed by atoms with van der Waals surface area (Å²) in [5, 5.41) is 3.51. The van der Waals surface area contributed by atoms with Crippen molar-refractivity contribution in [2.75, 3.05) is 18.9 Å². The molecule has 1 aromatic carbocycles. The summed E-state index contributed by atoms with van der Waals surface area (Å²) >= 11 is 5.88. The molecule has 4 heteroatoms. The predicted octanol–water partition coefficient (Wildman–Crippen LogP) is 3.15. The highest BCUT2D eigenvalue weighted by Gasteiger charge is 2.21. The first-order valence-corrected chi connectivity index (χ1v) is 6.78. The van der Waals surface area contributed by atoms with Crippen molar-refractivity contribution in [3.63, 3.8) is 0 Å². The van der Waals surface area contributed by atoms with Gasteiger partial charge in [0.25, 0.3) is 0 Å². The molecular formula is C14H19ClN2O. The monoisotopic (exact) mass is 266 g/mol. The summed E-state index contributed by atoms with van der Waals surface area (Å²) in [7, 11) is 2.02. The Labute approximate surface area is 113 Å². The number of likely N-dealkylation sites (N-methyl/N-ethyl adjacent to an activating group) is 1. The van der Waals surface area contributed by atoms with Crippen LogP contribution in [0, 0.1) is 0 Å². The van der Waals surface area contributed by atoms with Gasteiger partial charge < -0.3 is 5.32 Å².